The van der Waals surface area contributed by atoms with Gasteiger partial charge in [-0.3, -0.25) is 4.79 Å². The molecule has 2 aromatic carbocycles. The van der Waals surface area contributed by atoms with Crippen molar-refractivity contribution < 1.29 is 9.53 Å². The predicted octanol–water partition coefficient (Wildman–Crippen LogP) is 6.90. The van der Waals surface area contributed by atoms with Crippen LogP contribution in [0.25, 0.3) is 0 Å². The Morgan fingerprint density at radius 1 is 1.03 bits per heavy atom. The summed E-state index contributed by atoms with van der Waals surface area (Å²) in [5, 5.41) is 0.690. The Kier molecular flexibility index (Phi) is 7.85. The van der Waals surface area contributed by atoms with E-state index in [1.165, 1.54) is 0 Å². The molecule has 1 amide bonds. The highest BCUT2D eigenvalue weighted by Crippen LogP contribution is 2.35. The lowest BCUT2D eigenvalue weighted by Crippen LogP contribution is -2.35. The third kappa shape index (κ3) is 5.85. The molecule has 2 aliphatic carbocycles. The van der Waals surface area contributed by atoms with Crippen molar-refractivity contribution in [1.82, 2.24) is 4.90 Å². The topological polar surface area (TPSA) is 29.5 Å². The Morgan fingerprint density at radius 3 is 2.67 bits per heavy atom. The molecule has 0 fully saturated rings. The molecule has 2 atom stereocenters. The highest BCUT2D eigenvalue weighted by molar-refractivity contribution is 6.30. The first-order chi connectivity index (χ1) is 16.2. The second kappa shape index (κ2) is 11.2. The van der Waals surface area contributed by atoms with Crippen molar-refractivity contribution in [3.05, 3.63) is 113 Å². The summed E-state index contributed by atoms with van der Waals surface area (Å²) in [6.07, 6.45) is 17.9. The highest BCUT2D eigenvalue weighted by Gasteiger charge is 2.31. The van der Waals surface area contributed by atoms with Crippen LogP contribution in [0.2, 0.25) is 5.02 Å². The number of hydrogen-bond acceptors (Lipinski definition) is 2. The summed E-state index contributed by atoms with van der Waals surface area (Å²) in [6, 6.07) is 15.6. The van der Waals surface area contributed by atoms with Crippen LogP contribution in [0.4, 0.5) is 0 Å². The second-order valence-electron chi connectivity index (χ2n) is 8.55. The largest absolute Gasteiger partial charge is 0.496 e. The van der Waals surface area contributed by atoms with Gasteiger partial charge in [0, 0.05) is 29.2 Å². The molecule has 0 bridgehead atoms. The lowest BCUT2D eigenvalue weighted by molar-refractivity contribution is -0.129. The van der Waals surface area contributed by atoms with E-state index in [-0.39, 0.29) is 11.8 Å². The monoisotopic (exact) mass is 459 g/mol. The molecule has 2 aromatic rings. The molecule has 3 nitrogen and oxygen atoms in total. The van der Waals surface area contributed by atoms with Crippen molar-refractivity contribution in [1.29, 1.82) is 0 Å². The first-order valence-electron chi connectivity index (χ1n) is 11.5. The molecular weight excluding hydrogens is 430 g/mol. The van der Waals surface area contributed by atoms with Gasteiger partial charge in [0.2, 0.25) is 0 Å². The number of carbonyl (C=O) groups is 1. The van der Waals surface area contributed by atoms with Crippen LogP contribution < -0.4 is 4.74 Å². The van der Waals surface area contributed by atoms with E-state index in [0.717, 1.165) is 41.7 Å². The molecule has 2 aliphatic rings. The lowest BCUT2D eigenvalue weighted by atomic mass is 9.78. The number of allylic oxidation sites excluding steroid dienone is 7. The minimum absolute atomic E-state index is 0.0795. The Balaban J connectivity index is 1.64. The molecule has 0 spiro atoms. The molecule has 0 N–H and O–H groups in total. The van der Waals surface area contributed by atoms with Crippen LogP contribution in [-0.2, 0) is 17.9 Å². The van der Waals surface area contributed by atoms with E-state index < -0.39 is 0 Å². The van der Waals surface area contributed by atoms with Gasteiger partial charge in [0.1, 0.15) is 5.75 Å². The number of hydrogen-bond donors (Lipinski definition) is 0. The van der Waals surface area contributed by atoms with Gasteiger partial charge in [-0.2, -0.15) is 0 Å². The van der Waals surface area contributed by atoms with Gasteiger partial charge >= 0.3 is 0 Å². The minimum Gasteiger partial charge on any atom is -0.496 e. The average molecular weight is 460 g/mol. The second-order valence-corrected chi connectivity index (χ2v) is 8.98. The quantitative estimate of drug-likeness (QED) is 0.450. The summed E-state index contributed by atoms with van der Waals surface area (Å²) in [7, 11) is 1.67. The summed E-state index contributed by atoms with van der Waals surface area (Å²) in [5.74, 6) is 1.40. The SMILES string of the molecule is COc1ccccc1CN(Cc1ccc(Cl)cc1)C(=O)C1=CC=CCC1C1C=CC=CCC1. The summed E-state index contributed by atoms with van der Waals surface area (Å²) < 4.78 is 5.57. The van der Waals surface area contributed by atoms with Gasteiger partial charge in [0.05, 0.1) is 7.11 Å². The van der Waals surface area contributed by atoms with Gasteiger partial charge in [-0.1, -0.05) is 84.5 Å². The maximum atomic E-state index is 14.0. The maximum absolute atomic E-state index is 14.0. The lowest BCUT2D eigenvalue weighted by Gasteiger charge is -2.32. The summed E-state index contributed by atoms with van der Waals surface area (Å²) >= 11 is 6.09. The molecule has 170 valence electrons. The number of para-hydroxylation sites is 1. The van der Waals surface area contributed by atoms with Gasteiger partial charge in [-0.15, -0.1) is 0 Å². The van der Waals surface area contributed by atoms with Gasteiger partial charge < -0.3 is 9.64 Å². The van der Waals surface area contributed by atoms with Gasteiger partial charge in [-0.05, 0) is 54.9 Å². The van der Waals surface area contributed by atoms with Crippen LogP contribution in [0, 0.1) is 11.8 Å². The molecule has 0 saturated carbocycles. The molecular formula is C29H30ClNO2. The summed E-state index contributed by atoms with van der Waals surface area (Å²) in [6.45, 7) is 0.977. The van der Waals surface area contributed by atoms with Crippen molar-refractivity contribution in [2.45, 2.75) is 32.4 Å². The maximum Gasteiger partial charge on any atom is 0.250 e. The zero-order chi connectivity index (χ0) is 23.0. The van der Waals surface area contributed by atoms with Gasteiger partial charge in [0.15, 0.2) is 0 Å². The molecule has 4 heteroatoms. The van der Waals surface area contributed by atoms with Crippen molar-refractivity contribution in [2.75, 3.05) is 7.11 Å². The van der Waals surface area contributed by atoms with Crippen molar-refractivity contribution in [2.24, 2.45) is 11.8 Å². The van der Waals surface area contributed by atoms with Crippen LogP contribution in [0.15, 0.2) is 96.6 Å². The molecule has 0 radical (unpaired) electrons. The Morgan fingerprint density at radius 2 is 1.85 bits per heavy atom. The summed E-state index contributed by atoms with van der Waals surface area (Å²) in [4.78, 5) is 16.0. The molecule has 0 heterocycles. The number of benzene rings is 2. The minimum atomic E-state index is 0.0795. The smallest absolute Gasteiger partial charge is 0.250 e. The normalized spacial score (nSPS) is 19.6. The fraction of sp³-hybridized carbons (Fsp3) is 0.276. The number of nitrogens with zero attached hydrogens (tertiary/aromatic N) is 1. The number of halogens is 1. The average Bonchev–Trinajstić information content (AvgIpc) is 3.14. The van der Waals surface area contributed by atoms with Crippen molar-refractivity contribution >= 4 is 17.5 Å². The number of methoxy groups -OCH3 is 1. The highest BCUT2D eigenvalue weighted by atomic mass is 35.5. The molecule has 2 unspecified atom stereocenters. The molecule has 4 rings (SSSR count). The molecule has 0 saturated heterocycles. The van der Waals surface area contributed by atoms with E-state index in [4.69, 9.17) is 16.3 Å². The first kappa shape index (κ1) is 23.1. The third-order valence-corrected chi connectivity index (χ3v) is 6.62. The summed E-state index contributed by atoms with van der Waals surface area (Å²) in [5.41, 5.74) is 2.92. The molecule has 0 aliphatic heterocycles. The number of amides is 1. The van der Waals surface area contributed by atoms with Gasteiger partial charge in [0.25, 0.3) is 5.91 Å². The van der Waals surface area contributed by atoms with Crippen LogP contribution in [0.3, 0.4) is 0 Å². The third-order valence-electron chi connectivity index (χ3n) is 6.36. The van der Waals surface area contributed by atoms with E-state index in [9.17, 15) is 4.79 Å². The van der Waals surface area contributed by atoms with Crippen LogP contribution in [0.1, 0.15) is 30.4 Å². The standard InChI is InChI=1S/C29H30ClNO2/c1-33-28-15-9-6-12-24(28)21-31(20-22-16-18-25(30)19-17-22)29(32)27-14-8-7-13-26(27)23-10-4-2-3-5-11-23/h2-4,6-10,12,14-19,23,26H,5,11,13,20-21H2,1H3. The zero-order valence-electron chi connectivity index (χ0n) is 19.0. The van der Waals surface area contributed by atoms with E-state index in [0.29, 0.717) is 24.0 Å². The van der Waals surface area contributed by atoms with Crippen molar-refractivity contribution in [3.8, 4) is 5.75 Å². The Bertz CT molecular complexity index is 1080. The number of ether oxygens (including phenoxy) is 1. The van der Waals surface area contributed by atoms with E-state index >= 15 is 0 Å². The van der Waals surface area contributed by atoms with Crippen LogP contribution in [0.5, 0.6) is 5.75 Å². The van der Waals surface area contributed by atoms with Crippen LogP contribution >= 0.6 is 11.6 Å². The molecule has 0 aromatic heterocycles. The van der Waals surface area contributed by atoms with E-state index in [2.05, 4.69) is 30.4 Å². The Labute approximate surface area is 201 Å². The number of rotatable bonds is 7. The van der Waals surface area contributed by atoms with Crippen molar-refractivity contribution in [3.63, 3.8) is 0 Å². The Hall–Kier alpha value is -3.04. The fourth-order valence-corrected chi connectivity index (χ4v) is 4.74. The zero-order valence-corrected chi connectivity index (χ0v) is 19.7. The van der Waals surface area contributed by atoms with E-state index in [1.54, 1.807) is 7.11 Å². The molecule has 33 heavy (non-hydrogen) atoms. The fourth-order valence-electron chi connectivity index (χ4n) is 4.62. The van der Waals surface area contributed by atoms with Crippen LogP contribution in [-0.4, -0.2) is 17.9 Å². The predicted molar refractivity (Wildman–Crippen MR) is 135 cm³/mol. The first-order valence-corrected chi connectivity index (χ1v) is 11.9. The van der Waals surface area contributed by atoms with Gasteiger partial charge in [-0.25, -0.2) is 0 Å². The number of carbonyl (C=O) groups excluding carboxylic acids is 1. The van der Waals surface area contributed by atoms with E-state index in [1.807, 2.05) is 65.6 Å².